The lowest BCUT2D eigenvalue weighted by atomic mass is 9.99. The molecule has 3 aromatic rings. The fourth-order valence-electron chi connectivity index (χ4n) is 4.87. The molecule has 0 aliphatic carbocycles. The molecule has 7 heteroatoms. The van der Waals surface area contributed by atoms with E-state index in [1.54, 1.807) is 0 Å². The van der Waals surface area contributed by atoms with Crippen LogP contribution >= 0.6 is 16.1 Å². The van der Waals surface area contributed by atoms with E-state index in [-0.39, 0.29) is 6.23 Å². The number of hydrogen-bond acceptors (Lipinski definition) is 6. The molecule has 0 bridgehead atoms. The minimum atomic E-state index is -0.489. The van der Waals surface area contributed by atoms with Gasteiger partial charge in [-0.05, 0) is 29.3 Å². The topological polar surface area (TPSA) is 43.9 Å². The minimum absolute atomic E-state index is 0.0402. The van der Waals surface area contributed by atoms with Gasteiger partial charge in [0.15, 0.2) is 5.66 Å². The van der Waals surface area contributed by atoms with Gasteiger partial charge in [0.1, 0.15) is 6.23 Å². The molecule has 2 unspecified atom stereocenters. The van der Waals surface area contributed by atoms with Crippen molar-refractivity contribution in [2.45, 2.75) is 11.9 Å². The molecule has 6 nitrogen and oxygen atoms in total. The summed E-state index contributed by atoms with van der Waals surface area (Å²) in [7, 11) is 0. The Labute approximate surface area is 184 Å². The van der Waals surface area contributed by atoms with Crippen LogP contribution in [0.2, 0.25) is 0 Å². The molecule has 6 rings (SSSR count). The molecule has 30 heavy (non-hydrogen) atoms. The molecule has 0 saturated carbocycles. The molecule has 3 aliphatic rings. The Morgan fingerprint density at radius 2 is 1.90 bits per heavy atom. The van der Waals surface area contributed by atoms with Gasteiger partial charge in [-0.15, -0.1) is 0 Å². The first kappa shape index (κ1) is 18.5. The number of fused-ring (bicyclic) bond motifs is 5. The zero-order chi connectivity index (χ0) is 20.1. The van der Waals surface area contributed by atoms with E-state index < -0.39 is 5.66 Å². The smallest absolute Gasteiger partial charge is 0.162 e. The molecule has 3 aliphatic heterocycles. The Balaban J connectivity index is 1.57. The predicted molar refractivity (Wildman–Crippen MR) is 119 cm³/mol. The highest BCUT2D eigenvalue weighted by molar-refractivity contribution is 9.07. The molecule has 0 spiro atoms. The second-order valence-electron chi connectivity index (χ2n) is 7.95. The molecule has 1 N–H and O–H groups in total. The maximum absolute atomic E-state index is 6.21. The van der Waals surface area contributed by atoms with Crippen LogP contribution in [0.15, 0.2) is 72.9 Å². The van der Waals surface area contributed by atoms with E-state index in [1.165, 1.54) is 22.4 Å². The van der Waals surface area contributed by atoms with Gasteiger partial charge in [0.25, 0.3) is 0 Å². The molecule has 2 saturated heterocycles. The van der Waals surface area contributed by atoms with E-state index in [0.29, 0.717) is 6.67 Å². The number of nitrogens with one attached hydrogen (secondary N) is 1. The lowest BCUT2D eigenvalue weighted by molar-refractivity contribution is 0.0224. The molecule has 0 radical (unpaired) electrons. The Bertz CT molecular complexity index is 1070. The molecular weight excluding hydrogens is 442 g/mol. The van der Waals surface area contributed by atoms with Gasteiger partial charge in [0.2, 0.25) is 0 Å². The van der Waals surface area contributed by atoms with Crippen LogP contribution in [0.25, 0.3) is 11.1 Å². The number of pyridine rings is 1. The van der Waals surface area contributed by atoms with Crippen molar-refractivity contribution in [2.24, 2.45) is 0 Å². The van der Waals surface area contributed by atoms with Gasteiger partial charge in [-0.25, -0.2) is 5.43 Å². The van der Waals surface area contributed by atoms with Crippen LogP contribution in [-0.2, 0) is 10.4 Å². The third-order valence-corrected chi connectivity index (χ3v) is 6.64. The second kappa shape index (κ2) is 7.14. The van der Waals surface area contributed by atoms with Crippen molar-refractivity contribution in [3.63, 3.8) is 0 Å². The minimum Gasteiger partial charge on any atom is -0.357 e. The van der Waals surface area contributed by atoms with Crippen molar-refractivity contribution in [1.29, 1.82) is 0 Å². The summed E-state index contributed by atoms with van der Waals surface area (Å²) < 4.78 is 8.18. The second-order valence-corrected chi connectivity index (χ2v) is 8.81. The third kappa shape index (κ3) is 2.81. The van der Waals surface area contributed by atoms with Crippen molar-refractivity contribution in [3.05, 3.63) is 84.2 Å². The lowest BCUT2D eigenvalue weighted by Gasteiger charge is -2.38. The summed E-state index contributed by atoms with van der Waals surface area (Å²) in [6.45, 7) is 3.09. The fraction of sp³-hybridized carbons (Fsp3) is 0.261. The van der Waals surface area contributed by atoms with Gasteiger partial charge in [0, 0.05) is 46.7 Å². The largest absolute Gasteiger partial charge is 0.357 e. The molecule has 2 aromatic carbocycles. The number of nitrogens with zero attached hydrogens (tertiary/aromatic N) is 4. The third-order valence-electron chi connectivity index (χ3n) is 6.23. The van der Waals surface area contributed by atoms with Gasteiger partial charge < -0.3 is 9.64 Å². The molecule has 0 amide bonds. The van der Waals surface area contributed by atoms with E-state index in [2.05, 4.69) is 92.0 Å². The first-order valence-electron chi connectivity index (χ1n) is 10.2. The highest BCUT2D eigenvalue weighted by Gasteiger charge is 2.52. The molecular formula is C23H22BrN5O. The van der Waals surface area contributed by atoms with Gasteiger partial charge >= 0.3 is 0 Å². The molecule has 4 heterocycles. The van der Waals surface area contributed by atoms with Crippen LogP contribution in [0, 0.1) is 0 Å². The number of anilines is 1. The van der Waals surface area contributed by atoms with Gasteiger partial charge in [-0.2, -0.15) is 4.03 Å². The zero-order valence-corrected chi connectivity index (χ0v) is 18.0. The predicted octanol–water partition coefficient (Wildman–Crippen LogP) is 3.84. The number of benzene rings is 2. The van der Waals surface area contributed by atoms with Gasteiger partial charge in [-0.3, -0.25) is 9.88 Å². The SMILES string of the molecule is BrN1CN2c3cc(-c4ccccc4)ccc3C3OCCN3CC2(c2ccccn2)N1. The van der Waals surface area contributed by atoms with Crippen LogP contribution < -0.4 is 10.3 Å². The Morgan fingerprint density at radius 3 is 2.73 bits per heavy atom. The summed E-state index contributed by atoms with van der Waals surface area (Å²) in [4.78, 5) is 9.58. The van der Waals surface area contributed by atoms with Gasteiger partial charge in [0.05, 0.1) is 19.0 Å². The van der Waals surface area contributed by atoms with Crippen molar-refractivity contribution in [1.82, 2.24) is 19.3 Å². The summed E-state index contributed by atoms with van der Waals surface area (Å²) in [5.74, 6) is 0. The fourth-order valence-corrected chi connectivity index (χ4v) is 5.39. The zero-order valence-electron chi connectivity index (χ0n) is 16.4. The quantitative estimate of drug-likeness (QED) is 0.582. The summed E-state index contributed by atoms with van der Waals surface area (Å²) in [6.07, 6.45) is 1.83. The van der Waals surface area contributed by atoms with Crippen molar-refractivity contribution in [2.75, 3.05) is 31.3 Å². The highest BCUT2D eigenvalue weighted by atomic mass is 79.9. The Kier molecular flexibility index (Phi) is 4.40. The maximum Gasteiger partial charge on any atom is 0.162 e. The van der Waals surface area contributed by atoms with Crippen molar-refractivity contribution >= 4 is 21.8 Å². The summed E-state index contributed by atoms with van der Waals surface area (Å²) in [5.41, 5.74) is 8.94. The van der Waals surface area contributed by atoms with E-state index in [4.69, 9.17) is 9.72 Å². The first-order valence-corrected chi connectivity index (χ1v) is 10.9. The highest BCUT2D eigenvalue weighted by Crippen LogP contribution is 2.47. The van der Waals surface area contributed by atoms with E-state index in [9.17, 15) is 0 Å². The molecule has 2 fully saturated rings. The molecule has 2 atom stereocenters. The number of halogens is 1. The first-order chi connectivity index (χ1) is 14.7. The van der Waals surface area contributed by atoms with E-state index in [1.807, 2.05) is 16.3 Å². The monoisotopic (exact) mass is 463 g/mol. The lowest BCUT2D eigenvalue weighted by Crippen LogP contribution is -2.56. The number of hydrogen-bond donors (Lipinski definition) is 1. The van der Waals surface area contributed by atoms with Crippen molar-refractivity contribution in [3.8, 4) is 11.1 Å². The molecule has 1 aromatic heterocycles. The van der Waals surface area contributed by atoms with Crippen LogP contribution in [0.4, 0.5) is 5.69 Å². The van der Waals surface area contributed by atoms with Crippen LogP contribution in [0.5, 0.6) is 0 Å². The number of rotatable bonds is 2. The van der Waals surface area contributed by atoms with E-state index in [0.717, 1.165) is 25.4 Å². The Hall–Kier alpha value is -2.29. The summed E-state index contributed by atoms with van der Waals surface area (Å²) >= 11 is 3.68. The van der Waals surface area contributed by atoms with E-state index >= 15 is 0 Å². The standard InChI is InChI=1S/C23H22BrN5O/c24-29-16-28-20-14-18(17-6-2-1-3-7-17)9-10-19(20)22-27(12-13-30-22)15-23(28,26-29)21-8-4-5-11-25-21/h1-11,14,22,26H,12-13,15-16H2. The normalized spacial score (nSPS) is 26.2. The Morgan fingerprint density at radius 1 is 1.03 bits per heavy atom. The number of hydrazine groups is 1. The summed E-state index contributed by atoms with van der Waals surface area (Å²) in [6, 6.07) is 23.4. The number of aromatic nitrogens is 1. The average Bonchev–Trinajstić information content (AvgIpc) is 3.37. The number of ether oxygens (including phenoxy) is 1. The van der Waals surface area contributed by atoms with Crippen LogP contribution in [0.1, 0.15) is 17.5 Å². The van der Waals surface area contributed by atoms with Crippen LogP contribution in [-0.4, -0.2) is 40.3 Å². The maximum atomic E-state index is 6.21. The van der Waals surface area contributed by atoms with Gasteiger partial charge in [-0.1, -0.05) is 48.5 Å². The van der Waals surface area contributed by atoms with Crippen LogP contribution in [0.3, 0.4) is 0 Å². The molecule has 152 valence electrons. The average molecular weight is 464 g/mol. The van der Waals surface area contributed by atoms with Crippen molar-refractivity contribution < 1.29 is 4.74 Å². The summed E-state index contributed by atoms with van der Waals surface area (Å²) in [5, 5.41) is 0.